The molecule has 1 heterocycles. The quantitative estimate of drug-likeness (QED) is 0.867. The van der Waals surface area contributed by atoms with E-state index < -0.39 is 15.6 Å². The lowest BCUT2D eigenvalue weighted by Gasteiger charge is -2.24. The van der Waals surface area contributed by atoms with Crippen LogP contribution in [0.3, 0.4) is 0 Å². The molecule has 1 aliphatic heterocycles. The smallest absolute Gasteiger partial charge is 0.244 e. The Labute approximate surface area is 114 Å². The fourth-order valence-corrected chi connectivity index (χ4v) is 3.97. The molecule has 1 aromatic rings. The second kappa shape index (κ2) is 5.11. The summed E-state index contributed by atoms with van der Waals surface area (Å²) in [6.45, 7) is 5.23. The van der Waals surface area contributed by atoms with Gasteiger partial charge in [-0.05, 0) is 44.5 Å². The van der Waals surface area contributed by atoms with Crippen molar-refractivity contribution in [3.05, 3.63) is 23.8 Å². The molecule has 6 heteroatoms. The Morgan fingerprint density at radius 2 is 2.16 bits per heavy atom. The molecule has 19 heavy (non-hydrogen) atoms. The molecule has 0 saturated carbocycles. The average Bonchev–Trinajstić information content (AvgIpc) is 2.74. The molecule has 0 amide bonds. The van der Waals surface area contributed by atoms with Crippen LogP contribution in [-0.2, 0) is 10.0 Å². The second-order valence-corrected chi connectivity index (χ2v) is 6.90. The van der Waals surface area contributed by atoms with Gasteiger partial charge in [0.05, 0.1) is 7.11 Å². The zero-order chi connectivity index (χ0) is 14.1. The first kappa shape index (κ1) is 14.3. The van der Waals surface area contributed by atoms with E-state index in [0.717, 1.165) is 18.5 Å². The number of methoxy groups -OCH3 is 1. The van der Waals surface area contributed by atoms with Gasteiger partial charge < -0.3 is 10.1 Å². The number of rotatable bonds is 4. The number of hydrogen-bond acceptors (Lipinski definition) is 4. The number of benzene rings is 1. The molecule has 5 nitrogen and oxygen atoms in total. The number of nitrogens with one attached hydrogen (secondary N) is 2. The van der Waals surface area contributed by atoms with Crippen molar-refractivity contribution in [1.29, 1.82) is 0 Å². The number of sulfonamides is 1. The van der Waals surface area contributed by atoms with Crippen LogP contribution in [0.2, 0.25) is 0 Å². The third kappa shape index (κ3) is 3.08. The van der Waals surface area contributed by atoms with Crippen LogP contribution in [0.5, 0.6) is 5.75 Å². The fourth-order valence-electron chi connectivity index (χ4n) is 2.28. The Morgan fingerprint density at radius 3 is 2.74 bits per heavy atom. The third-order valence-electron chi connectivity index (χ3n) is 3.36. The second-order valence-electron chi connectivity index (χ2n) is 5.25. The predicted molar refractivity (Wildman–Crippen MR) is 73.9 cm³/mol. The van der Waals surface area contributed by atoms with Crippen LogP contribution in [-0.4, -0.2) is 34.2 Å². The van der Waals surface area contributed by atoms with Gasteiger partial charge in [0.25, 0.3) is 0 Å². The van der Waals surface area contributed by atoms with Gasteiger partial charge in [0.1, 0.15) is 10.6 Å². The summed E-state index contributed by atoms with van der Waals surface area (Å²) in [5.74, 6) is 0.368. The van der Waals surface area contributed by atoms with Crippen LogP contribution in [0, 0.1) is 6.92 Å². The van der Waals surface area contributed by atoms with E-state index in [2.05, 4.69) is 10.0 Å². The van der Waals surface area contributed by atoms with E-state index in [9.17, 15) is 8.42 Å². The molecule has 0 bridgehead atoms. The average molecular weight is 284 g/mol. The standard InChI is InChI=1S/C13H20N2O3S/c1-10-4-5-11(18-3)12(8-10)19(16,17)15-13(2)6-7-14-9-13/h4-5,8,14-15H,6-7,9H2,1-3H3. The normalized spacial score (nSPS) is 23.5. The predicted octanol–water partition coefficient (Wildman–Crippen LogP) is 1.03. The summed E-state index contributed by atoms with van der Waals surface area (Å²) < 4.78 is 32.9. The molecule has 1 saturated heterocycles. The van der Waals surface area contributed by atoms with E-state index in [-0.39, 0.29) is 4.90 Å². The van der Waals surface area contributed by atoms with Crippen LogP contribution < -0.4 is 14.8 Å². The summed E-state index contributed by atoms with van der Waals surface area (Å²) in [7, 11) is -2.11. The highest BCUT2D eigenvalue weighted by atomic mass is 32.2. The van der Waals surface area contributed by atoms with Crippen LogP contribution in [0.4, 0.5) is 0 Å². The summed E-state index contributed by atoms with van der Waals surface area (Å²) in [6, 6.07) is 5.14. The molecule has 0 spiro atoms. The van der Waals surface area contributed by atoms with Gasteiger partial charge in [0, 0.05) is 12.1 Å². The molecular formula is C13H20N2O3S. The van der Waals surface area contributed by atoms with Crippen molar-refractivity contribution in [2.24, 2.45) is 0 Å². The molecule has 1 atom stereocenters. The Morgan fingerprint density at radius 1 is 1.42 bits per heavy atom. The fraction of sp³-hybridized carbons (Fsp3) is 0.538. The van der Waals surface area contributed by atoms with Gasteiger partial charge >= 0.3 is 0 Å². The minimum absolute atomic E-state index is 0.197. The van der Waals surface area contributed by atoms with Gasteiger partial charge in [0.2, 0.25) is 10.0 Å². The topological polar surface area (TPSA) is 67.4 Å². The highest BCUT2D eigenvalue weighted by molar-refractivity contribution is 7.89. The van der Waals surface area contributed by atoms with Crippen molar-refractivity contribution in [2.45, 2.75) is 30.7 Å². The molecule has 0 aliphatic carbocycles. The van der Waals surface area contributed by atoms with E-state index >= 15 is 0 Å². The van der Waals surface area contributed by atoms with Crippen LogP contribution in [0.1, 0.15) is 18.9 Å². The zero-order valence-electron chi connectivity index (χ0n) is 11.5. The highest BCUT2D eigenvalue weighted by Crippen LogP contribution is 2.26. The van der Waals surface area contributed by atoms with Crippen molar-refractivity contribution in [2.75, 3.05) is 20.2 Å². The minimum atomic E-state index is -3.58. The van der Waals surface area contributed by atoms with E-state index in [1.807, 2.05) is 19.9 Å². The van der Waals surface area contributed by atoms with Gasteiger partial charge in [-0.3, -0.25) is 0 Å². The Balaban J connectivity index is 2.36. The largest absolute Gasteiger partial charge is 0.495 e. The maximum Gasteiger partial charge on any atom is 0.244 e. The molecule has 1 fully saturated rings. The van der Waals surface area contributed by atoms with Crippen LogP contribution in [0.15, 0.2) is 23.1 Å². The van der Waals surface area contributed by atoms with E-state index in [1.165, 1.54) is 7.11 Å². The summed E-state index contributed by atoms with van der Waals surface area (Å²) in [5, 5.41) is 3.17. The van der Waals surface area contributed by atoms with Crippen molar-refractivity contribution < 1.29 is 13.2 Å². The SMILES string of the molecule is COc1ccc(C)cc1S(=O)(=O)NC1(C)CCNC1. The zero-order valence-corrected chi connectivity index (χ0v) is 12.3. The summed E-state index contributed by atoms with van der Waals surface area (Å²) >= 11 is 0. The molecule has 2 N–H and O–H groups in total. The van der Waals surface area contributed by atoms with Gasteiger partial charge in [-0.1, -0.05) is 6.07 Å². The first-order valence-corrected chi connectivity index (χ1v) is 7.74. The molecule has 106 valence electrons. The summed E-state index contributed by atoms with van der Waals surface area (Å²) in [4.78, 5) is 0.197. The van der Waals surface area contributed by atoms with Crippen molar-refractivity contribution >= 4 is 10.0 Å². The van der Waals surface area contributed by atoms with Crippen LogP contribution >= 0.6 is 0 Å². The monoisotopic (exact) mass is 284 g/mol. The molecule has 1 unspecified atom stereocenters. The first-order chi connectivity index (χ1) is 8.86. The number of aryl methyl sites for hydroxylation is 1. The molecule has 0 aromatic heterocycles. The molecule has 1 aromatic carbocycles. The maximum atomic E-state index is 12.5. The lowest BCUT2D eigenvalue weighted by atomic mass is 10.0. The number of ether oxygens (including phenoxy) is 1. The van der Waals surface area contributed by atoms with Gasteiger partial charge in [-0.15, -0.1) is 0 Å². The maximum absolute atomic E-state index is 12.5. The number of hydrogen-bond donors (Lipinski definition) is 2. The Kier molecular flexibility index (Phi) is 3.85. The molecule has 0 radical (unpaired) electrons. The van der Waals surface area contributed by atoms with Crippen molar-refractivity contribution in [3.63, 3.8) is 0 Å². The van der Waals surface area contributed by atoms with E-state index in [4.69, 9.17) is 4.74 Å². The van der Waals surface area contributed by atoms with Gasteiger partial charge in [0.15, 0.2) is 0 Å². The Hall–Kier alpha value is -1.11. The first-order valence-electron chi connectivity index (χ1n) is 6.26. The Bertz CT molecular complexity index is 563. The molecule has 2 rings (SSSR count). The van der Waals surface area contributed by atoms with Gasteiger partial charge in [-0.2, -0.15) is 0 Å². The van der Waals surface area contributed by atoms with Gasteiger partial charge in [-0.25, -0.2) is 13.1 Å². The molecular weight excluding hydrogens is 264 g/mol. The van der Waals surface area contributed by atoms with Crippen molar-refractivity contribution in [1.82, 2.24) is 10.0 Å². The highest BCUT2D eigenvalue weighted by Gasteiger charge is 2.34. The van der Waals surface area contributed by atoms with Crippen molar-refractivity contribution in [3.8, 4) is 5.75 Å². The molecule has 1 aliphatic rings. The summed E-state index contributed by atoms with van der Waals surface area (Å²) in [5.41, 5.74) is 0.448. The lowest BCUT2D eigenvalue weighted by molar-refractivity contribution is 0.399. The van der Waals surface area contributed by atoms with E-state index in [0.29, 0.717) is 12.3 Å². The lowest BCUT2D eigenvalue weighted by Crippen LogP contribution is -2.47. The van der Waals surface area contributed by atoms with E-state index in [1.54, 1.807) is 12.1 Å². The minimum Gasteiger partial charge on any atom is -0.495 e. The summed E-state index contributed by atoms with van der Waals surface area (Å²) in [6.07, 6.45) is 0.778. The third-order valence-corrected chi connectivity index (χ3v) is 5.02. The van der Waals surface area contributed by atoms with Crippen LogP contribution in [0.25, 0.3) is 0 Å².